The van der Waals surface area contributed by atoms with Crippen molar-refractivity contribution < 1.29 is 4.74 Å². The van der Waals surface area contributed by atoms with E-state index in [1.165, 1.54) is 0 Å². The number of ether oxygens (including phenoxy) is 1. The molecular formula is C13H13N3O. The fourth-order valence-corrected chi connectivity index (χ4v) is 1.36. The Balaban J connectivity index is 2.22. The van der Waals surface area contributed by atoms with E-state index in [0.29, 0.717) is 17.1 Å². The summed E-state index contributed by atoms with van der Waals surface area (Å²) < 4.78 is 5.18. The number of rotatable bonds is 3. The third-order valence-corrected chi connectivity index (χ3v) is 2.25. The van der Waals surface area contributed by atoms with Crippen LogP contribution in [0, 0.1) is 0 Å². The summed E-state index contributed by atoms with van der Waals surface area (Å²) >= 11 is 0. The van der Waals surface area contributed by atoms with Crippen molar-refractivity contribution in [1.82, 2.24) is 0 Å². The maximum atomic E-state index is 5.59. The van der Waals surface area contributed by atoms with Gasteiger partial charge in [0.1, 0.15) is 11.4 Å². The van der Waals surface area contributed by atoms with Crippen molar-refractivity contribution in [2.45, 2.75) is 0 Å². The summed E-state index contributed by atoms with van der Waals surface area (Å²) in [6.45, 7) is 0. The molecule has 0 saturated carbocycles. The first-order valence-electron chi connectivity index (χ1n) is 5.20. The van der Waals surface area contributed by atoms with E-state index in [4.69, 9.17) is 10.5 Å². The van der Waals surface area contributed by atoms with Crippen molar-refractivity contribution in [2.24, 2.45) is 10.2 Å². The Hall–Kier alpha value is -2.36. The van der Waals surface area contributed by atoms with Crippen LogP contribution in [0.5, 0.6) is 5.75 Å². The molecule has 2 aromatic rings. The van der Waals surface area contributed by atoms with Crippen LogP contribution < -0.4 is 10.5 Å². The highest BCUT2D eigenvalue weighted by molar-refractivity contribution is 5.52. The van der Waals surface area contributed by atoms with Crippen molar-refractivity contribution in [1.29, 1.82) is 0 Å². The number of nitrogen functional groups attached to an aromatic ring is 1. The first-order chi connectivity index (χ1) is 8.29. The molecule has 4 heteroatoms. The average molecular weight is 227 g/mol. The van der Waals surface area contributed by atoms with Gasteiger partial charge >= 0.3 is 0 Å². The van der Waals surface area contributed by atoms with Gasteiger partial charge in [0.2, 0.25) is 0 Å². The molecule has 0 unspecified atom stereocenters. The highest BCUT2D eigenvalue weighted by atomic mass is 16.5. The minimum Gasteiger partial charge on any atom is -0.494 e. The van der Waals surface area contributed by atoms with E-state index in [1.807, 2.05) is 36.4 Å². The zero-order valence-electron chi connectivity index (χ0n) is 9.50. The third kappa shape index (κ3) is 2.81. The fraction of sp³-hybridized carbons (Fsp3) is 0.0769. The van der Waals surface area contributed by atoms with Crippen LogP contribution in [0.1, 0.15) is 0 Å². The molecule has 0 fully saturated rings. The van der Waals surface area contributed by atoms with Gasteiger partial charge in [-0.05, 0) is 36.4 Å². The first kappa shape index (κ1) is 11.1. The molecular weight excluding hydrogens is 214 g/mol. The summed E-state index contributed by atoms with van der Waals surface area (Å²) in [5.74, 6) is 0.701. The van der Waals surface area contributed by atoms with Crippen molar-refractivity contribution in [3.63, 3.8) is 0 Å². The van der Waals surface area contributed by atoms with Gasteiger partial charge in [-0.15, -0.1) is 5.11 Å². The SMILES string of the molecule is COc1ccccc1/N=N/c1ccc(N)cc1. The molecule has 0 heterocycles. The van der Waals surface area contributed by atoms with Gasteiger partial charge in [-0.2, -0.15) is 5.11 Å². The van der Waals surface area contributed by atoms with Gasteiger partial charge in [-0.3, -0.25) is 0 Å². The molecule has 0 atom stereocenters. The van der Waals surface area contributed by atoms with Crippen LogP contribution >= 0.6 is 0 Å². The van der Waals surface area contributed by atoms with Crippen LogP contribution in [-0.2, 0) is 0 Å². The van der Waals surface area contributed by atoms with E-state index >= 15 is 0 Å². The predicted molar refractivity (Wildman–Crippen MR) is 68.0 cm³/mol. The van der Waals surface area contributed by atoms with E-state index in [1.54, 1.807) is 19.2 Å². The first-order valence-corrected chi connectivity index (χ1v) is 5.20. The Morgan fingerprint density at radius 2 is 1.65 bits per heavy atom. The van der Waals surface area contributed by atoms with Gasteiger partial charge in [0.05, 0.1) is 12.8 Å². The van der Waals surface area contributed by atoms with Crippen molar-refractivity contribution >= 4 is 17.1 Å². The second-order valence-corrected chi connectivity index (χ2v) is 3.46. The van der Waals surface area contributed by atoms with Crippen molar-refractivity contribution in [3.8, 4) is 5.75 Å². The average Bonchev–Trinajstić information content (AvgIpc) is 2.38. The van der Waals surface area contributed by atoms with Gasteiger partial charge in [-0.1, -0.05) is 12.1 Å². The normalized spacial score (nSPS) is 10.6. The van der Waals surface area contributed by atoms with E-state index in [2.05, 4.69) is 10.2 Å². The molecule has 0 radical (unpaired) electrons. The number of para-hydroxylation sites is 1. The number of hydrogen-bond acceptors (Lipinski definition) is 4. The summed E-state index contributed by atoms with van der Waals surface area (Å²) in [5.41, 5.74) is 7.75. The molecule has 0 aliphatic rings. The van der Waals surface area contributed by atoms with Crippen LogP contribution in [0.25, 0.3) is 0 Å². The molecule has 4 nitrogen and oxygen atoms in total. The zero-order chi connectivity index (χ0) is 12.1. The van der Waals surface area contributed by atoms with E-state index in [9.17, 15) is 0 Å². The summed E-state index contributed by atoms with van der Waals surface area (Å²) in [6.07, 6.45) is 0. The van der Waals surface area contributed by atoms with Crippen LogP contribution in [0.3, 0.4) is 0 Å². The van der Waals surface area contributed by atoms with Gasteiger partial charge in [0, 0.05) is 5.69 Å². The Morgan fingerprint density at radius 3 is 2.35 bits per heavy atom. The van der Waals surface area contributed by atoms with E-state index in [0.717, 1.165) is 5.69 Å². The highest BCUT2D eigenvalue weighted by Gasteiger charge is 1.98. The zero-order valence-corrected chi connectivity index (χ0v) is 9.50. The van der Waals surface area contributed by atoms with E-state index < -0.39 is 0 Å². The molecule has 2 aromatic carbocycles. The standard InChI is InChI=1S/C13H13N3O/c1-17-13-5-3-2-4-12(13)16-15-11-8-6-10(14)7-9-11/h2-9H,14H2,1H3/b16-15+. The smallest absolute Gasteiger partial charge is 0.146 e. The number of anilines is 1. The fourth-order valence-electron chi connectivity index (χ4n) is 1.36. The summed E-state index contributed by atoms with van der Waals surface area (Å²) in [5, 5.41) is 8.25. The predicted octanol–water partition coefficient (Wildman–Crippen LogP) is 3.69. The van der Waals surface area contributed by atoms with Crippen LogP contribution in [0.2, 0.25) is 0 Å². The molecule has 0 amide bonds. The van der Waals surface area contributed by atoms with Crippen LogP contribution in [0.4, 0.5) is 17.1 Å². The number of hydrogen-bond donors (Lipinski definition) is 1. The molecule has 2 N–H and O–H groups in total. The second kappa shape index (κ2) is 5.12. The molecule has 86 valence electrons. The lowest BCUT2D eigenvalue weighted by molar-refractivity contribution is 0.416. The highest BCUT2D eigenvalue weighted by Crippen LogP contribution is 2.28. The summed E-state index contributed by atoms with van der Waals surface area (Å²) in [7, 11) is 1.61. The van der Waals surface area contributed by atoms with Crippen LogP contribution in [0.15, 0.2) is 58.8 Å². The monoisotopic (exact) mass is 227 g/mol. The Kier molecular flexibility index (Phi) is 3.35. The largest absolute Gasteiger partial charge is 0.494 e. The number of benzene rings is 2. The lowest BCUT2D eigenvalue weighted by Gasteiger charge is -2.01. The van der Waals surface area contributed by atoms with Crippen molar-refractivity contribution in [2.75, 3.05) is 12.8 Å². The molecule has 17 heavy (non-hydrogen) atoms. The Morgan fingerprint density at radius 1 is 0.941 bits per heavy atom. The van der Waals surface area contributed by atoms with Gasteiger partial charge in [0.15, 0.2) is 0 Å². The lowest BCUT2D eigenvalue weighted by Crippen LogP contribution is -1.82. The quantitative estimate of drug-likeness (QED) is 0.642. The number of methoxy groups -OCH3 is 1. The molecule has 2 rings (SSSR count). The van der Waals surface area contributed by atoms with E-state index in [-0.39, 0.29) is 0 Å². The van der Waals surface area contributed by atoms with Crippen molar-refractivity contribution in [3.05, 3.63) is 48.5 Å². The molecule has 0 spiro atoms. The van der Waals surface area contributed by atoms with Gasteiger partial charge in [-0.25, -0.2) is 0 Å². The maximum absolute atomic E-state index is 5.59. The lowest BCUT2D eigenvalue weighted by atomic mass is 10.3. The number of nitrogens with two attached hydrogens (primary N) is 1. The van der Waals surface area contributed by atoms with Gasteiger partial charge in [0.25, 0.3) is 0 Å². The van der Waals surface area contributed by atoms with Crippen LogP contribution in [-0.4, -0.2) is 7.11 Å². The topological polar surface area (TPSA) is 60.0 Å². The number of nitrogens with zero attached hydrogens (tertiary/aromatic N) is 2. The minimum absolute atomic E-state index is 0.701. The molecule has 0 aliphatic heterocycles. The Bertz CT molecular complexity index is 520. The molecule has 0 saturated heterocycles. The van der Waals surface area contributed by atoms with Gasteiger partial charge < -0.3 is 10.5 Å². The third-order valence-electron chi connectivity index (χ3n) is 2.25. The molecule has 0 aliphatic carbocycles. The maximum Gasteiger partial charge on any atom is 0.146 e. The second-order valence-electron chi connectivity index (χ2n) is 3.46. The number of azo groups is 1. The molecule has 0 bridgehead atoms. The summed E-state index contributed by atoms with van der Waals surface area (Å²) in [6, 6.07) is 14.7. The minimum atomic E-state index is 0.701. The molecule has 0 aromatic heterocycles. The Labute approximate surface area is 99.8 Å². The summed E-state index contributed by atoms with van der Waals surface area (Å²) in [4.78, 5) is 0.